The number of nitro groups is 1. The fraction of sp³-hybridized carbons (Fsp3) is 0.300. The van der Waals surface area contributed by atoms with Crippen LogP contribution in [0.5, 0.6) is 5.75 Å². The Labute approximate surface area is 232 Å². The first-order valence-electron chi connectivity index (χ1n) is 13.4. The molecule has 2 amide bonds. The summed E-state index contributed by atoms with van der Waals surface area (Å²) in [6.45, 7) is 6.79. The van der Waals surface area contributed by atoms with Gasteiger partial charge in [0.2, 0.25) is 0 Å². The molecule has 0 saturated carbocycles. The molecule has 0 radical (unpaired) electrons. The molecule has 1 atom stereocenters. The number of amides is 2. The zero-order valence-electron chi connectivity index (χ0n) is 22.9. The van der Waals surface area contributed by atoms with E-state index in [1.54, 1.807) is 51.9 Å². The topological polar surface area (TPSA) is 120 Å². The van der Waals surface area contributed by atoms with Crippen LogP contribution in [-0.4, -0.2) is 38.6 Å². The van der Waals surface area contributed by atoms with E-state index in [4.69, 9.17) is 9.72 Å². The van der Waals surface area contributed by atoms with E-state index >= 15 is 0 Å². The number of carbonyl (C=O) groups is 1. The number of hydrogen-bond acceptors (Lipinski definition) is 6. The number of carbonyl (C=O) groups excluding carboxylic acids is 1. The van der Waals surface area contributed by atoms with Gasteiger partial charge >= 0.3 is 6.03 Å². The number of non-ortho nitro benzene ring substituents is 1. The van der Waals surface area contributed by atoms with Crippen LogP contribution in [0.15, 0.2) is 77.6 Å². The highest BCUT2D eigenvalue weighted by Crippen LogP contribution is 2.26. The number of unbranched alkanes of at least 4 members (excludes halogenated alkanes) is 2. The van der Waals surface area contributed by atoms with Crippen LogP contribution >= 0.6 is 0 Å². The van der Waals surface area contributed by atoms with Crippen molar-refractivity contribution in [2.75, 3.05) is 18.5 Å². The van der Waals surface area contributed by atoms with Gasteiger partial charge in [-0.05, 0) is 68.8 Å². The highest BCUT2D eigenvalue weighted by molar-refractivity contribution is 5.89. The number of rotatable bonds is 11. The van der Waals surface area contributed by atoms with Gasteiger partial charge in [-0.15, -0.1) is 0 Å². The zero-order valence-corrected chi connectivity index (χ0v) is 22.9. The fourth-order valence-corrected chi connectivity index (χ4v) is 4.54. The lowest BCUT2D eigenvalue weighted by atomic mass is 10.1. The van der Waals surface area contributed by atoms with E-state index in [1.165, 1.54) is 24.3 Å². The number of nitrogens with one attached hydrogen (secondary N) is 1. The van der Waals surface area contributed by atoms with Crippen LogP contribution in [0.3, 0.4) is 0 Å². The molecule has 3 aromatic carbocycles. The maximum absolute atomic E-state index is 13.8. The Balaban J connectivity index is 1.77. The zero-order chi connectivity index (χ0) is 28.6. The maximum atomic E-state index is 13.8. The first-order valence-corrected chi connectivity index (χ1v) is 13.4. The molecule has 40 heavy (non-hydrogen) atoms. The van der Waals surface area contributed by atoms with Crippen molar-refractivity contribution in [1.82, 2.24) is 14.5 Å². The van der Waals surface area contributed by atoms with Crippen LogP contribution in [-0.2, 0) is 0 Å². The standard InChI is InChI=1S/C30H33N5O5/c1-4-6-9-20-33(30(37)31-22-12-14-24(15-13-22)35(38)39)21(3)28-32-27-11-8-7-10-26(27)29(36)34(28)23-16-18-25(19-17-23)40-5-2/h7-8,10-19,21H,4-6,9,20H2,1-3H3,(H,31,37). The molecular formula is C30H33N5O5. The molecular weight excluding hydrogens is 510 g/mol. The molecule has 1 heterocycles. The Hall–Kier alpha value is -4.73. The molecule has 0 aliphatic heterocycles. The van der Waals surface area contributed by atoms with E-state index in [1.807, 2.05) is 19.9 Å². The second-order valence-electron chi connectivity index (χ2n) is 9.37. The van der Waals surface area contributed by atoms with Crippen molar-refractivity contribution in [3.05, 3.63) is 99.1 Å². The number of urea groups is 1. The van der Waals surface area contributed by atoms with E-state index in [9.17, 15) is 19.7 Å². The van der Waals surface area contributed by atoms with E-state index in [2.05, 4.69) is 12.2 Å². The predicted molar refractivity (Wildman–Crippen MR) is 155 cm³/mol. The Morgan fingerprint density at radius 3 is 2.40 bits per heavy atom. The molecule has 0 fully saturated rings. The fourth-order valence-electron chi connectivity index (χ4n) is 4.54. The molecule has 1 N–H and O–H groups in total. The Morgan fingerprint density at radius 2 is 1.75 bits per heavy atom. The van der Waals surface area contributed by atoms with E-state index < -0.39 is 17.0 Å². The third-order valence-corrected chi connectivity index (χ3v) is 6.64. The second-order valence-corrected chi connectivity index (χ2v) is 9.37. The highest BCUT2D eigenvalue weighted by Gasteiger charge is 2.27. The molecule has 10 heteroatoms. The van der Waals surface area contributed by atoms with Gasteiger partial charge in [0.15, 0.2) is 0 Å². The number of anilines is 1. The summed E-state index contributed by atoms with van der Waals surface area (Å²) < 4.78 is 7.13. The molecule has 4 aromatic rings. The molecule has 0 saturated heterocycles. The first-order chi connectivity index (χ1) is 19.3. The molecule has 1 unspecified atom stereocenters. The molecule has 1 aromatic heterocycles. The second kappa shape index (κ2) is 12.9. The highest BCUT2D eigenvalue weighted by atomic mass is 16.6. The van der Waals surface area contributed by atoms with Gasteiger partial charge in [-0.2, -0.15) is 0 Å². The van der Waals surface area contributed by atoms with Gasteiger partial charge in [-0.3, -0.25) is 19.5 Å². The monoisotopic (exact) mass is 543 g/mol. The Kier molecular flexibility index (Phi) is 9.11. The van der Waals surface area contributed by atoms with Crippen molar-refractivity contribution in [2.24, 2.45) is 0 Å². The van der Waals surface area contributed by atoms with Crippen LogP contribution in [0.2, 0.25) is 0 Å². The summed E-state index contributed by atoms with van der Waals surface area (Å²) in [5, 5.41) is 14.3. The molecule has 0 spiro atoms. The third kappa shape index (κ3) is 6.28. The van der Waals surface area contributed by atoms with Gasteiger partial charge in [0.05, 0.1) is 34.2 Å². The first kappa shape index (κ1) is 28.3. The lowest BCUT2D eigenvalue weighted by molar-refractivity contribution is -0.384. The van der Waals surface area contributed by atoms with Gasteiger partial charge in [0.25, 0.3) is 11.2 Å². The number of para-hydroxylation sites is 1. The number of aromatic nitrogens is 2. The minimum atomic E-state index is -0.584. The summed E-state index contributed by atoms with van der Waals surface area (Å²) >= 11 is 0. The predicted octanol–water partition coefficient (Wildman–Crippen LogP) is 6.48. The summed E-state index contributed by atoms with van der Waals surface area (Å²) in [7, 11) is 0. The van der Waals surface area contributed by atoms with Crippen LogP contribution in [0, 0.1) is 10.1 Å². The quantitative estimate of drug-likeness (QED) is 0.131. The van der Waals surface area contributed by atoms with Crippen molar-refractivity contribution in [1.29, 1.82) is 0 Å². The summed E-state index contributed by atoms with van der Waals surface area (Å²) in [5.41, 5.74) is 1.28. The van der Waals surface area contributed by atoms with Gasteiger partial charge < -0.3 is 15.0 Å². The van der Waals surface area contributed by atoms with Crippen LogP contribution in [0.25, 0.3) is 16.6 Å². The number of hydrogen-bond donors (Lipinski definition) is 1. The van der Waals surface area contributed by atoms with Gasteiger partial charge in [-0.25, -0.2) is 9.78 Å². The lowest BCUT2D eigenvalue weighted by Crippen LogP contribution is -2.40. The van der Waals surface area contributed by atoms with Crippen molar-refractivity contribution in [3.8, 4) is 11.4 Å². The smallest absolute Gasteiger partial charge is 0.322 e. The van der Waals surface area contributed by atoms with Gasteiger partial charge in [0, 0.05) is 24.4 Å². The van der Waals surface area contributed by atoms with Crippen molar-refractivity contribution >= 4 is 28.3 Å². The van der Waals surface area contributed by atoms with Crippen molar-refractivity contribution < 1.29 is 14.5 Å². The molecule has 0 bridgehead atoms. The summed E-state index contributed by atoms with van der Waals surface area (Å²) in [4.78, 5) is 44.5. The Bertz CT molecular complexity index is 1530. The van der Waals surface area contributed by atoms with E-state index in [-0.39, 0.29) is 11.2 Å². The summed E-state index contributed by atoms with van der Waals surface area (Å²) in [6, 6.07) is 19.1. The Morgan fingerprint density at radius 1 is 1.05 bits per heavy atom. The van der Waals surface area contributed by atoms with Crippen LogP contribution in [0.4, 0.5) is 16.2 Å². The van der Waals surface area contributed by atoms with Crippen LogP contribution in [0.1, 0.15) is 51.9 Å². The average Bonchev–Trinajstić information content (AvgIpc) is 2.96. The van der Waals surface area contributed by atoms with Crippen molar-refractivity contribution in [2.45, 2.75) is 46.1 Å². The summed E-state index contributed by atoms with van der Waals surface area (Å²) in [5.74, 6) is 1.11. The summed E-state index contributed by atoms with van der Waals surface area (Å²) in [6.07, 6.45) is 2.65. The molecule has 10 nitrogen and oxygen atoms in total. The van der Waals surface area contributed by atoms with Gasteiger partial charge in [-0.1, -0.05) is 31.9 Å². The largest absolute Gasteiger partial charge is 0.494 e. The van der Waals surface area contributed by atoms with Gasteiger partial charge in [0.1, 0.15) is 11.6 Å². The molecule has 208 valence electrons. The molecule has 0 aliphatic rings. The van der Waals surface area contributed by atoms with E-state index in [0.717, 1.165) is 19.3 Å². The normalized spacial score (nSPS) is 11.7. The molecule has 4 rings (SSSR count). The lowest BCUT2D eigenvalue weighted by Gasteiger charge is -2.30. The SMILES string of the molecule is CCCCCN(C(=O)Nc1ccc([N+](=O)[O-])cc1)C(C)c1nc2ccccc2c(=O)n1-c1ccc(OCC)cc1. The number of nitrogens with zero attached hydrogens (tertiary/aromatic N) is 4. The van der Waals surface area contributed by atoms with Crippen LogP contribution < -0.4 is 15.6 Å². The molecule has 0 aliphatic carbocycles. The average molecular weight is 544 g/mol. The number of ether oxygens (including phenoxy) is 1. The number of fused-ring (bicyclic) bond motifs is 1. The van der Waals surface area contributed by atoms with E-state index in [0.29, 0.717) is 47.0 Å². The minimum absolute atomic E-state index is 0.0640. The maximum Gasteiger partial charge on any atom is 0.322 e. The van der Waals surface area contributed by atoms with Crippen molar-refractivity contribution in [3.63, 3.8) is 0 Å². The minimum Gasteiger partial charge on any atom is -0.494 e. The number of nitro benzene ring substituents is 1. The number of benzene rings is 3. The third-order valence-electron chi connectivity index (χ3n) is 6.64.